The Kier molecular flexibility index (Phi) is 4.22. The second-order valence-corrected chi connectivity index (χ2v) is 5.89. The van der Waals surface area contributed by atoms with E-state index in [1.54, 1.807) is 12.1 Å². The third-order valence-corrected chi connectivity index (χ3v) is 4.51. The molecule has 21 heavy (non-hydrogen) atoms. The monoisotopic (exact) mass is 292 g/mol. The Bertz CT molecular complexity index is 498. The van der Waals surface area contributed by atoms with Crippen LogP contribution in [0.4, 0.5) is 4.39 Å². The van der Waals surface area contributed by atoms with Crippen LogP contribution in [-0.4, -0.2) is 60.1 Å². The van der Waals surface area contributed by atoms with Gasteiger partial charge >= 0.3 is 0 Å². The highest BCUT2D eigenvalue weighted by Gasteiger charge is 2.45. The molecule has 2 unspecified atom stereocenters. The van der Waals surface area contributed by atoms with Crippen LogP contribution in [0.5, 0.6) is 0 Å². The van der Waals surface area contributed by atoms with Crippen LogP contribution in [-0.2, 0) is 4.79 Å². The van der Waals surface area contributed by atoms with Crippen molar-refractivity contribution < 1.29 is 14.3 Å². The number of amides is 1. The van der Waals surface area contributed by atoms with Crippen molar-refractivity contribution in [3.05, 3.63) is 35.6 Å². The number of β-amino-alcohol motifs (C(OH)–C–C–N with tert-alkyl or cyclic N) is 1. The third kappa shape index (κ3) is 3.24. The van der Waals surface area contributed by atoms with E-state index < -0.39 is 0 Å². The van der Waals surface area contributed by atoms with Gasteiger partial charge in [-0.2, -0.15) is 0 Å². The van der Waals surface area contributed by atoms with Gasteiger partial charge in [-0.15, -0.1) is 0 Å². The molecule has 4 nitrogen and oxygen atoms in total. The molecule has 2 aliphatic rings. The topological polar surface area (TPSA) is 43.8 Å². The van der Waals surface area contributed by atoms with Crippen molar-refractivity contribution in [1.29, 1.82) is 0 Å². The molecular weight excluding hydrogens is 271 g/mol. The number of hydrogen-bond donors (Lipinski definition) is 1. The first-order valence-corrected chi connectivity index (χ1v) is 7.56. The highest BCUT2D eigenvalue weighted by molar-refractivity contribution is 5.83. The number of halogens is 1. The lowest BCUT2D eigenvalue weighted by atomic mass is 10.1. The fourth-order valence-corrected chi connectivity index (χ4v) is 3.11. The predicted octanol–water partition coefficient (Wildman–Crippen LogP) is 1.07. The number of aliphatic hydroxyl groups is 1. The van der Waals surface area contributed by atoms with Crippen molar-refractivity contribution in [2.45, 2.75) is 12.3 Å². The zero-order valence-electron chi connectivity index (χ0n) is 12.0. The molecule has 1 aliphatic heterocycles. The molecular formula is C16H21FN2O2. The molecule has 0 spiro atoms. The molecule has 0 bridgehead atoms. The Morgan fingerprint density at radius 2 is 1.86 bits per heavy atom. The van der Waals surface area contributed by atoms with Crippen LogP contribution in [0.1, 0.15) is 17.9 Å². The van der Waals surface area contributed by atoms with E-state index in [1.165, 1.54) is 12.1 Å². The van der Waals surface area contributed by atoms with Crippen LogP contribution >= 0.6 is 0 Å². The van der Waals surface area contributed by atoms with E-state index in [0.29, 0.717) is 6.54 Å². The SMILES string of the molecule is O=C(C1CC1c1ccc(F)cc1)N1CCN(CCO)CC1. The molecule has 1 saturated heterocycles. The summed E-state index contributed by atoms with van der Waals surface area (Å²) in [4.78, 5) is 16.6. The molecule has 0 aromatic heterocycles. The zero-order valence-corrected chi connectivity index (χ0v) is 12.0. The van der Waals surface area contributed by atoms with E-state index in [-0.39, 0.29) is 30.2 Å². The summed E-state index contributed by atoms with van der Waals surface area (Å²) in [7, 11) is 0. The molecule has 3 rings (SSSR count). The molecule has 2 fully saturated rings. The lowest BCUT2D eigenvalue weighted by Gasteiger charge is -2.34. The summed E-state index contributed by atoms with van der Waals surface area (Å²) in [5.74, 6) is 0.323. The number of carbonyl (C=O) groups excluding carboxylic acids is 1. The first-order valence-electron chi connectivity index (χ1n) is 7.56. The number of piperazine rings is 1. The van der Waals surface area contributed by atoms with Crippen molar-refractivity contribution in [2.24, 2.45) is 5.92 Å². The van der Waals surface area contributed by atoms with Crippen molar-refractivity contribution in [1.82, 2.24) is 9.80 Å². The number of aliphatic hydroxyl groups excluding tert-OH is 1. The Morgan fingerprint density at radius 1 is 1.19 bits per heavy atom. The Hall–Kier alpha value is -1.46. The highest BCUT2D eigenvalue weighted by Crippen LogP contribution is 2.48. The van der Waals surface area contributed by atoms with Crippen LogP contribution in [0, 0.1) is 11.7 Å². The maximum absolute atomic E-state index is 12.9. The summed E-state index contributed by atoms with van der Waals surface area (Å²) in [5.41, 5.74) is 1.06. The average molecular weight is 292 g/mol. The van der Waals surface area contributed by atoms with Gasteiger partial charge in [0.2, 0.25) is 5.91 Å². The molecule has 0 radical (unpaired) electrons. The molecule has 1 aliphatic carbocycles. The van der Waals surface area contributed by atoms with Gasteiger partial charge in [0, 0.05) is 38.6 Å². The molecule has 1 aromatic carbocycles. The van der Waals surface area contributed by atoms with Gasteiger partial charge in [-0.3, -0.25) is 9.69 Å². The lowest BCUT2D eigenvalue weighted by molar-refractivity contribution is -0.134. The fraction of sp³-hybridized carbons (Fsp3) is 0.562. The molecule has 2 atom stereocenters. The van der Waals surface area contributed by atoms with E-state index in [1.807, 2.05) is 4.90 Å². The Labute approximate surface area is 124 Å². The Morgan fingerprint density at radius 3 is 2.48 bits per heavy atom. The molecule has 1 saturated carbocycles. The first kappa shape index (κ1) is 14.5. The van der Waals surface area contributed by atoms with Crippen molar-refractivity contribution >= 4 is 5.91 Å². The smallest absolute Gasteiger partial charge is 0.226 e. The first-order chi connectivity index (χ1) is 10.2. The van der Waals surface area contributed by atoms with Gasteiger partial charge in [-0.05, 0) is 30.0 Å². The second kappa shape index (κ2) is 6.12. The van der Waals surface area contributed by atoms with Crippen LogP contribution in [0.2, 0.25) is 0 Å². The fourth-order valence-electron chi connectivity index (χ4n) is 3.11. The summed E-state index contributed by atoms with van der Waals surface area (Å²) in [6.45, 7) is 4.00. The molecule has 1 N–H and O–H groups in total. The third-order valence-electron chi connectivity index (χ3n) is 4.51. The second-order valence-electron chi connectivity index (χ2n) is 5.89. The standard InChI is InChI=1S/C16H21FN2O2/c17-13-3-1-12(2-4-13)14-11-15(14)16(21)19-7-5-18(6-8-19)9-10-20/h1-4,14-15,20H,5-11H2. The number of benzene rings is 1. The number of nitrogens with zero attached hydrogens (tertiary/aromatic N) is 2. The quantitative estimate of drug-likeness (QED) is 0.902. The summed E-state index contributed by atoms with van der Waals surface area (Å²) in [5, 5.41) is 8.92. The Balaban J connectivity index is 1.52. The molecule has 5 heteroatoms. The van der Waals surface area contributed by atoms with E-state index in [9.17, 15) is 9.18 Å². The zero-order chi connectivity index (χ0) is 14.8. The van der Waals surface area contributed by atoms with Crippen LogP contribution < -0.4 is 0 Å². The van der Waals surface area contributed by atoms with Crippen LogP contribution in [0.25, 0.3) is 0 Å². The van der Waals surface area contributed by atoms with E-state index in [2.05, 4.69) is 4.90 Å². The van der Waals surface area contributed by atoms with Gasteiger partial charge in [0.1, 0.15) is 5.82 Å². The predicted molar refractivity (Wildman–Crippen MR) is 77.4 cm³/mol. The summed E-state index contributed by atoms with van der Waals surface area (Å²) >= 11 is 0. The minimum absolute atomic E-state index is 0.0693. The average Bonchev–Trinajstić information content (AvgIpc) is 3.29. The van der Waals surface area contributed by atoms with Crippen molar-refractivity contribution in [3.63, 3.8) is 0 Å². The maximum Gasteiger partial charge on any atom is 0.226 e. The summed E-state index contributed by atoms with van der Waals surface area (Å²) < 4.78 is 12.9. The number of hydrogen-bond acceptors (Lipinski definition) is 3. The van der Waals surface area contributed by atoms with Crippen molar-refractivity contribution in [2.75, 3.05) is 39.3 Å². The van der Waals surface area contributed by atoms with E-state index in [0.717, 1.165) is 38.2 Å². The molecule has 1 aromatic rings. The normalized spacial score (nSPS) is 25.9. The van der Waals surface area contributed by atoms with Gasteiger partial charge in [-0.1, -0.05) is 12.1 Å². The largest absolute Gasteiger partial charge is 0.395 e. The summed E-state index contributed by atoms with van der Waals surface area (Å²) in [6.07, 6.45) is 0.876. The van der Waals surface area contributed by atoms with Gasteiger partial charge in [0.15, 0.2) is 0 Å². The van der Waals surface area contributed by atoms with Gasteiger partial charge in [-0.25, -0.2) is 4.39 Å². The molecule has 114 valence electrons. The van der Waals surface area contributed by atoms with Gasteiger partial charge in [0.05, 0.1) is 6.61 Å². The van der Waals surface area contributed by atoms with Crippen molar-refractivity contribution in [3.8, 4) is 0 Å². The minimum Gasteiger partial charge on any atom is -0.395 e. The van der Waals surface area contributed by atoms with Gasteiger partial charge in [0.25, 0.3) is 0 Å². The van der Waals surface area contributed by atoms with E-state index in [4.69, 9.17) is 5.11 Å². The maximum atomic E-state index is 12.9. The highest BCUT2D eigenvalue weighted by atomic mass is 19.1. The number of carbonyl (C=O) groups is 1. The summed E-state index contributed by atoms with van der Waals surface area (Å²) in [6, 6.07) is 6.49. The lowest BCUT2D eigenvalue weighted by Crippen LogP contribution is -2.49. The minimum atomic E-state index is -0.234. The van der Waals surface area contributed by atoms with Crippen LogP contribution in [0.3, 0.4) is 0 Å². The molecule has 1 heterocycles. The van der Waals surface area contributed by atoms with Crippen LogP contribution in [0.15, 0.2) is 24.3 Å². The number of rotatable bonds is 4. The van der Waals surface area contributed by atoms with Gasteiger partial charge < -0.3 is 10.0 Å². The van der Waals surface area contributed by atoms with E-state index >= 15 is 0 Å². The molecule has 1 amide bonds.